The lowest BCUT2D eigenvalue weighted by atomic mass is 9.97. The summed E-state index contributed by atoms with van der Waals surface area (Å²) >= 11 is 1.68. The molecule has 1 aliphatic rings. The third kappa shape index (κ3) is 3.04. The largest absolute Gasteiger partial charge is 0.493 e. The van der Waals surface area contributed by atoms with E-state index in [0.29, 0.717) is 0 Å². The molecule has 0 unspecified atom stereocenters. The number of fused-ring (bicyclic) bond motifs is 1. The fourth-order valence-electron chi connectivity index (χ4n) is 2.75. The van der Waals surface area contributed by atoms with Crippen molar-refractivity contribution < 1.29 is 9.47 Å². The zero-order valence-electron chi connectivity index (χ0n) is 13.2. The zero-order chi connectivity index (χ0) is 15.5. The standard InChI is InChI=1S/C17H20N2O2S/c1-11-18-14-7-5-4-6-13(14)17(19-11)22-12-8-9-15(20-2)16(10-12)21-3/h8-10H,4-7H2,1-3H3. The van der Waals surface area contributed by atoms with E-state index < -0.39 is 0 Å². The molecule has 0 amide bonds. The number of hydrogen-bond acceptors (Lipinski definition) is 5. The number of rotatable bonds is 4. The van der Waals surface area contributed by atoms with E-state index in [4.69, 9.17) is 9.47 Å². The highest BCUT2D eigenvalue weighted by Gasteiger charge is 2.18. The van der Waals surface area contributed by atoms with Crippen LogP contribution in [0.4, 0.5) is 0 Å². The van der Waals surface area contributed by atoms with Gasteiger partial charge in [-0.3, -0.25) is 0 Å². The Morgan fingerprint density at radius 2 is 1.77 bits per heavy atom. The lowest BCUT2D eigenvalue weighted by molar-refractivity contribution is 0.354. The molecule has 1 aromatic carbocycles. The summed E-state index contributed by atoms with van der Waals surface area (Å²) in [5.74, 6) is 2.34. The Morgan fingerprint density at radius 3 is 2.55 bits per heavy atom. The van der Waals surface area contributed by atoms with E-state index in [0.717, 1.165) is 40.1 Å². The van der Waals surface area contributed by atoms with E-state index in [-0.39, 0.29) is 0 Å². The Labute approximate surface area is 135 Å². The first-order valence-corrected chi connectivity index (χ1v) is 8.29. The maximum Gasteiger partial charge on any atom is 0.161 e. The van der Waals surface area contributed by atoms with Crippen LogP contribution in [0.25, 0.3) is 0 Å². The van der Waals surface area contributed by atoms with E-state index in [1.165, 1.54) is 24.1 Å². The summed E-state index contributed by atoms with van der Waals surface area (Å²) in [7, 11) is 3.30. The zero-order valence-corrected chi connectivity index (χ0v) is 14.0. The summed E-state index contributed by atoms with van der Waals surface area (Å²) in [6.45, 7) is 1.97. The van der Waals surface area contributed by atoms with E-state index in [1.54, 1.807) is 26.0 Å². The molecule has 0 aliphatic heterocycles. The molecule has 3 rings (SSSR count). The minimum atomic E-state index is 0.743. The normalized spacial score (nSPS) is 13.6. The van der Waals surface area contributed by atoms with Crippen molar-refractivity contribution in [3.63, 3.8) is 0 Å². The van der Waals surface area contributed by atoms with Gasteiger partial charge in [0, 0.05) is 16.2 Å². The smallest absolute Gasteiger partial charge is 0.161 e. The number of aryl methyl sites for hydroxylation is 2. The van der Waals surface area contributed by atoms with Crippen LogP contribution in [0.2, 0.25) is 0 Å². The van der Waals surface area contributed by atoms with Crippen molar-refractivity contribution >= 4 is 11.8 Å². The van der Waals surface area contributed by atoms with E-state index in [9.17, 15) is 0 Å². The lowest BCUT2D eigenvalue weighted by Crippen LogP contribution is -2.10. The van der Waals surface area contributed by atoms with Crippen molar-refractivity contribution in [2.75, 3.05) is 14.2 Å². The molecule has 0 atom stereocenters. The highest BCUT2D eigenvalue weighted by Crippen LogP contribution is 2.37. The van der Waals surface area contributed by atoms with Gasteiger partial charge in [-0.2, -0.15) is 0 Å². The number of benzene rings is 1. The molecule has 22 heavy (non-hydrogen) atoms. The van der Waals surface area contributed by atoms with Gasteiger partial charge >= 0.3 is 0 Å². The summed E-state index contributed by atoms with van der Waals surface area (Å²) in [5, 5.41) is 1.08. The van der Waals surface area contributed by atoms with Crippen LogP contribution in [0, 0.1) is 6.92 Å². The van der Waals surface area contributed by atoms with Crippen LogP contribution >= 0.6 is 11.8 Å². The van der Waals surface area contributed by atoms with Crippen molar-refractivity contribution in [3.8, 4) is 11.5 Å². The minimum Gasteiger partial charge on any atom is -0.493 e. The average molecular weight is 316 g/mol. The molecular formula is C17H20N2O2S. The van der Waals surface area contributed by atoms with Gasteiger partial charge in [-0.1, -0.05) is 11.8 Å². The van der Waals surface area contributed by atoms with Gasteiger partial charge in [-0.25, -0.2) is 9.97 Å². The number of methoxy groups -OCH3 is 2. The second-order valence-corrected chi connectivity index (χ2v) is 6.39. The van der Waals surface area contributed by atoms with Crippen LogP contribution in [-0.2, 0) is 12.8 Å². The van der Waals surface area contributed by atoms with Gasteiger partial charge in [-0.05, 0) is 50.8 Å². The predicted molar refractivity (Wildman–Crippen MR) is 87.1 cm³/mol. The Hall–Kier alpha value is -1.75. The molecule has 0 saturated heterocycles. The number of ether oxygens (including phenoxy) is 2. The Morgan fingerprint density at radius 1 is 1.00 bits per heavy atom. The lowest BCUT2D eigenvalue weighted by Gasteiger charge is -2.18. The molecule has 0 saturated carbocycles. The van der Waals surface area contributed by atoms with Crippen molar-refractivity contribution in [3.05, 3.63) is 35.3 Å². The van der Waals surface area contributed by atoms with Crippen molar-refractivity contribution in [1.29, 1.82) is 0 Å². The summed E-state index contributed by atoms with van der Waals surface area (Å²) in [4.78, 5) is 10.4. The second-order valence-electron chi connectivity index (χ2n) is 5.33. The molecule has 116 valence electrons. The van der Waals surface area contributed by atoms with Crippen molar-refractivity contribution in [2.45, 2.75) is 42.5 Å². The Balaban J connectivity index is 1.95. The molecule has 0 N–H and O–H groups in total. The van der Waals surface area contributed by atoms with Gasteiger partial charge < -0.3 is 9.47 Å². The van der Waals surface area contributed by atoms with Crippen molar-refractivity contribution in [1.82, 2.24) is 9.97 Å². The summed E-state index contributed by atoms with van der Waals surface area (Å²) in [6, 6.07) is 5.97. The maximum atomic E-state index is 5.38. The van der Waals surface area contributed by atoms with Crippen molar-refractivity contribution in [2.24, 2.45) is 0 Å². The molecule has 2 aromatic rings. The first kappa shape index (κ1) is 15.2. The molecular weight excluding hydrogens is 296 g/mol. The molecule has 1 aliphatic carbocycles. The van der Waals surface area contributed by atoms with Crippen LogP contribution in [-0.4, -0.2) is 24.2 Å². The maximum absolute atomic E-state index is 5.38. The third-order valence-corrected chi connectivity index (χ3v) is 4.85. The number of nitrogens with zero attached hydrogens (tertiary/aromatic N) is 2. The summed E-state index contributed by atoms with van der Waals surface area (Å²) < 4.78 is 10.7. The molecule has 0 spiro atoms. The topological polar surface area (TPSA) is 44.2 Å². The number of hydrogen-bond donors (Lipinski definition) is 0. The van der Waals surface area contributed by atoms with Crippen LogP contribution in [0.5, 0.6) is 11.5 Å². The van der Waals surface area contributed by atoms with Gasteiger partial charge in [0.25, 0.3) is 0 Å². The van der Waals surface area contributed by atoms with Gasteiger partial charge in [0.1, 0.15) is 10.9 Å². The molecule has 4 nitrogen and oxygen atoms in total. The predicted octanol–water partition coefficient (Wildman–Crippen LogP) is 3.83. The van der Waals surface area contributed by atoms with Crippen LogP contribution in [0.3, 0.4) is 0 Å². The fourth-order valence-corrected chi connectivity index (χ4v) is 3.80. The summed E-state index contributed by atoms with van der Waals surface area (Å²) in [6.07, 6.45) is 4.59. The van der Waals surface area contributed by atoms with Gasteiger partial charge in [0.05, 0.1) is 14.2 Å². The SMILES string of the molecule is COc1ccc(Sc2nc(C)nc3c2CCCC3)cc1OC. The molecule has 5 heteroatoms. The van der Waals surface area contributed by atoms with Gasteiger partial charge in [-0.15, -0.1) is 0 Å². The Kier molecular flexibility index (Phi) is 4.52. The fraction of sp³-hybridized carbons (Fsp3) is 0.412. The summed E-state index contributed by atoms with van der Waals surface area (Å²) in [5.41, 5.74) is 2.54. The van der Waals surface area contributed by atoms with E-state index in [1.807, 2.05) is 25.1 Å². The van der Waals surface area contributed by atoms with Gasteiger partial charge in [0.2, 0.25) is 0 Å². The molecule has 1 heterocycles. The van der Waals surface area contributed by atoms with Crippen LogP contribution in [0.1, 0.15) is 29.9 Å². The first-order valence-electron chi connectivity index (χ1n) is 7.47. The highest BCUT2D eigenvalue weighted by molar-refractivity contribution is 7.99. The van der Waals surface area contributed by atoms with Crippen LogP contribution < -0.4 is 9.47 Å². The van der Waals surface area contributed by atoms with E-state index >= 15 is 0 Å². The molecule has 1 aromatic heterocycles. The van der Waals surface area contributed by atoms with Gasteiger partial charge in [0.15, 0.2) is 11.5 Å². The minimum absolute atomic E-state index is 0.743. The quantitative estimate of drug-likeness (QED) is 0.802. The molecule has 0 bridgehead atoms. The number of aromatic nitrogens is 2. The third-order valence-electron chi connectivity index (χ3n) is 3.83. The van der Waals surface area contributed by atoms with E-state index in [2.05, 4.69) is 9.97 Å². The molecule has 0 radical (unpaired) electrons. The second kappa shape index (κ2) is 6.57. The average Bonchev–Trinajstić information content (AvgIpc) is 2.54. The molecule has 0 fully saturated rings. The van der Waals surface area contributed by atoms with Crippen LogP contribution in [0.15, 0.2) is 28.1 Å². The first-order chi connectivity index (χ1) is 10.7. The monoisotopic (exact) mass is 316 g/mol. The highest BCUT2D eigenvalue weighted by atomic mass is 32.2. The Bertz CT molecular complexity index is 689.